The summed E-state index contributed by atoms with van der Waals surface area (Å²) in [4.78, 5) is 44.7. The third-order valence-electron chi connectivity index (χ3n) is 3.00. The van der Waals surface area contributed by atoms with Crippen molar-refractivity contribution in [1.82, 2.24) is 10.0 Å². The number of pyridine rings is 1. The predicted molar refractivity (Wildman–Crippen MR) is 71.0 cm³/mol. The van der Waals surface area contributed by atoms with Crippen LogP contribution in [0, 0.1) is 0 Å². The maximum atomic E-state index is 12.0. The van der Waals surface area contributed by atoms with Crippen molar-refractivity contribution in [3.8, 4) is 0 Å². The number of carbonyl (C=O) groups is 3. The fraction of sp³-hybridized carbons (Fsp3) is 0.0667. The van der Waals surface area contributed by atoms with Crippen LogP contribution >= 0.6 is 0 Å². The van der Waals surface area contributed by atoms with Crippen molar-refractivity contribution in [1.29, 1.82) is 0 Å². The van der Waals surface area contributed by atoms with E-state index in [2.05, 4.69) is 4.98 Å². The second kappa shape index (κ2) is 5.16. The molecule has 0 unspecified atom stereocenters. The number of fused-ring (bicyclic) bond motifs is 1. The van der Waals surface area contributed by atoms with Crippen LogP contribution in [0.3, 0.4) is 0 Å². The van der Waals surface area contributed by atoms with Crippen molar-refractivity contribution in [2.75, 3.05) is 0 Å². The van der Waals surface area contributed by atoms with Crippen LogP contribution in [0.1, 0.15) is 26.4 Å². The number of rotatable bonds is 3. The number of hydrogen-bond donors (Lipinski definition) is 0. The van der Waals surface area contributed by atoms with Gasteiger partial charge >= 0.3 is 5.97 Å². The van der Waals surface area contributed by atoms with Gasteiger partial charge in [-0.15, -0.1) is 0 Å². The first-order chi connectivity index (χ1) is 10.2. The zero-order valence-electron chi connectivity index (χ0n) is 10.9. The molecule has 0 spiro atoms. The highest BCUT2D eigenvalue weighted by Gasteiger charge is 2.38. The van der Waals surface area contributed by atoms with Gasteiger partial charge < -0.3 is 4.84 Å². The lowest BCUT2D eigenvalue weighted by atomic mass is 10.1. The molecule has 1 aliphatic heterocycles. The van der Waals surface area contributed by atoms with E-state index in [0.717, 1.165) is 0 Å². The summed E-state index contributed by atoms with van der Waals surface area (Å²) in [6, 6.07) is 11.4. The Morgan fingerprint density at radius 2 is 1.62 bits per heavy atom. The van der Waals surface area contributed by atoms with Crippen molar-refractivity contribution in [3.63, 3.8) is 0 Å². The van der Waals surface area contributed by atoms with Gasteiger partial charge in [0.25, 0.3) is 11.8 Å². The van der Waals surface area contributed by atoms with E-state index >= 15 is 0 Å². The Labute approximate surface area is 119 Å². The van der Waals surface area contributed by atoms with E-state index < -0.39 is 17.8 Å². The molecule has 2 heterocycles. The largest absolute Gasteiger partial charge is 0.339 e. The molecule has 0 radical (unpaired) electrons. The first-order valence-corrected chi connectivity index (χ1v) is 6.25. The van der Waals surface area contributed by atoms with Gasteiger partial charge in [-0.3, -0.25) is 14.6 Å². The van der Waals surface area contributed by atoms with Crippen molar-refractivity contribution in [2.45, 2.75) is 6.42 Å². The summed E-state index contributed by atoms with van der Waals surface area (Å²) in [5, 5.41) is 0.496. The lowest BCUT2D eigenvalue weighted by Gasteiger charge is -2.12. The number of imide groups is 1. The molecule has 1 aromatic carbocycles. The highest BCUT2D eigenvalue weighted by Crippen LogP contribution is 2.22. The normalized spacial score (nSPS) is 13.2. The molecule has 3 rings (SSSR count). The molecule has 104 valence electrons. The third-order valence-corrected chi connectivity index (χ3v) is 3.00. The Balaban J connectivity index is 1.73. The van der Waals surface area contributed by atoms with E-state index in [1.165, 1.54) is 12.1 Å². The minimum atomic E-state index is -0.719. The van der Waals surface area contributed by atoms with Crippen LogP contribution in [0.4, 0.5) is 0 Å². The molecule has 0 bridgehead atoms. The van der Waals surface area contributed by atoms with Crippen LogP contribution in [-0.4, -0.2) is 27.8 Å². The molecule has 0 aliphatic carbocycles. The van der Waals surface area contributed by atoms with Gasteiger partial charge in [-0.25, -0.2) is 4.79 Å². The van der Waals surface area contributed by atoms with Crippen LogP contribution in [0.5, 0.6) is 0 Å². The molecule has 0 fully saturated rings. The highest BCUT2D eigenvalue weighted by atomic mass is 16.7. The predicted octanol–water partition coefficient (Wildman–Crippen LogP) is 1.38. The summed E-state index contributed by atoms with van der Waals surface area (Å²) in [6.07, 6.45) is 1.43. The van der Waals surface area contributed by atoms with Crippen molar-refractivity contribution in [3.05, 3.63) is 65.5 Å². The smallest absolute Gasteiger partial charge is 0.329 e. The number of hydroxylamine groups is 2. The molecule has 6 heteroatoms. The molecule has 2 aromatic rings. The van der Waals surface area contributed by atoms with Crippen molar-refractivity contribution in [2.24, 2.45) is 0 Å². The summed E-state index contributed by atoms with van der Waals surface area (Å²) < 4.78 is 0. The summed E-state index contributed by atoms with van der Waals surface area (Å²) in [7, 11) is 0. The number of hydrogen-bond acceptors (Lipinski definition) is 5. The molecule has 0 saturated heterocycles. The molecular weight excluding hydrogens is 272 g/mol. The van der Waals surface area contributed by atoms with E-state index in [1.54, 1.807) is 36.5 Å². The lowest BCUT2D eigenvalue weighted by molar-refractivity contribution is -0.167. The lowest BCUT2D eigenvalue weighted by Crippen LogP contribution is -2.33. The van der Waals surface area contributed by atoms with Crippen LogP contribution in [0.2, 0.25) is 0 Å². The van der Waals surface area contributed by atoms with E-state index in [1.807, 2.05) is 0 Å². The van der Waals surface area contributed by atoms with Crippen LogP contribution in [0.15, 0.2) is 48.7 Å². The maximum absolute atomic E-state index is 12.0. The Kier molecular flexibility index (Phi) is 3.19. The van der Waals surface area contributed by atoms with Gasteiger partial charge in [0.05, 0.1) is 23.2 Å². The molecule has 1 aromatic heterocycles. The number of amides is 2. The zero-order chi connectivity index (χ0) is 14.8. The molecule has 0 atom stereocenters. The van der Waals surface area contributed by atoms with Gasteiger partial charge in [0.15, 0.2) is 0 Å². The zero-order valence-corrected chi connectivity index (χ0v) is 10.9. The molecule has 0 N–H and O–H groups in total. The van der Waals surface area contributed by atoms with Crippen molar-refractivity contribution >= 4 is 17.8 Å². The van der Waals surface area contributed by atoms with Crippen molar-refractivity contribution < 1.29 is 19.2 Å². The molecule has 6 nitrogen and oxygen atoms in total. The number of benzene rings is 1. The summed E-state index contributed by atoms with van der Waals surface area (Å²) in [5.74, 6) is -1.99. The Hall–Kier alpha value is -3.02. The average Bonchev–Trinajstić information content (AvgIpc) is 2.74. The van der Waals surface area contributed by atoms with Gasteiger partial charge in [-0.05, 0) is 24.3 Å². The Morgan fingerprint density at radius 1 is 1.00 bits per heavy atom. The molecule has 21 heavy (non-hydrogen) atoms. The van der Waals surface area contributed by atoms with E-state index in [0.29, 0.717) is 10.8 Å². The van der Waals surface area contributed by atoms with Crippen LogP contribution < -0.4 is 0 Å². The molecule has 0 saturated carbocycles. The van der Waals surface area contributed by atoms with Gasteiger partial charge in [-0.1, -0.05) is 23.3 Å². The van der Waals surface area contributed by atoms with Gasteiger partial charge in [0, 0.05) is 6.20 Å². The topological polar surface area (TPSA) is 76.6 Å². The van der Waals surface area contributed by atoms with Gasteiger partial charge in [0.1, 0.15) is 0 Å². The minimum Gasteiger partial charge on any atom is -0.329 e. The number of carbonyl (C=O) groups excluding carboxylic acids is 3. The minimum absolute atomic E-state index is 0.117. The number of nitrogens with zero attached hydrogens (tertiary/aromatic N) is 2. The summed E-state index contributed by atoms with van der Waals surface area (Å²) >= 11 is 0. The summed E-state index contributed by atoms with van der Waals surface area (Å²) in [6.45, 7) is 0. The quantitative estimate of drug-likeness (QED) is 0.795. The van der Waals surface area contributed by atoms with E-state index in [-0.39, 0.29) is 17.5 Å². The third kappa shape index (κ3) is 2.38. The maximum Gasteiger partial charge on any atom is 0.339 e. The highest BCUT2D eigenvalue weighted by molar-refractivity contribution is 6.20. The first-order valence-electron chi connectivity index (χ1n) is 6.25. The molecular formula is C15H10N2O4. The molecule has 2 amide bonds. The van der Waals surface area contributed by atoms with Crippen LogP contribution in [-0.2, 0) is 16.1 Å². The van der Waals surface area contributed by atoms with Gasteiger partial charge in [-0.2, -0.15) is 0 Å². The van der Waals surface area contributed by atoms with Crippen LogP contribution in [0.25, 0.3) is 0 Å². The first kappa shape index (κ1) is 13.0. The Morgan fingerprint density at radius 3 is 2.19 bits per heavy atom. The summed E-state index contributed by atoms with van der Waals surface area (Å²) in [5.41, 5.74) is 0.959. The van der Waals surface area contributed by atoms with E-state index in [4.69, 9.17) is 4.84 Å². The second-order valence-corrected chi connectivity index (χ2v) is 4.41. The fourth-order valence-corrected chi connectivity index (χ4v) is 2.03. The molecule has 1 aliphatic rings. The standard InChI is InChI=1S/C15H10N2O4/c18-13(9-10-5-3-4-8-16-10)21-17-14(19)11-6-1-2-7-12(11)15(17)20/h1-8H,9H2. The average molecular weight is 282 g/mol. The SMILES string of the molecule is O=C(Cc1ccccn1)ON1C(=O)c2ccccc2C1=O. The fourth-order valence-electron chi connectivity index (χ4n) is 2.03. The van der Waals surface area contributed by atoms with Gasteiger partial charge in [0.2, 0.25) is 0 Å². The second-order valence-electron chi connectivity index (χ2n) is 4.41. The Bertz CT molecular complexity index is 692. The number of aromatic nitrogens is 1. The van der Waals surface area contributed by atoms with E-state index in [9.17, 15) is 14.4 Å². The monoisotopic (exact) mass is 282 g/mol.